The van der Waals surface area contributed by atoms with Crippen molar-refractivity contribution in [3.05, 3.63) is 34.9 Å². The van der Waals surface area contributed by atoms with Crippen LogP contribution in [0, 0.1) is 0 Å². The fourth-order valence-electron chi connectivity index (χ4n) is 2.96. The van der Waals surface area contributed by atoms with E-state index in [4.69, 9.17) is 16.3 Å². The number of carbonyl (C=O) groups excluding carboxylic acids is 2. The number of rotatable bonds is 6. The van der Waals surface area contributed by atoms with Gasteiger partial charge in [0.1, 0.15) is 17.4 Å². The summed E-state index contributed by atoms with van der Waals surface area (Å²) in [6.45, 7) is 7.15. The molecule has 0 amide bonds. The molecule has 0 aliphatic carbocycles. The van der Waals surface area contributed by atoms with Gasteiger partial charge in [-0.1, -0.05) is 36.7 Å². The standard InChI is InChI=1S/C18H24ClNO3/c1-4-20-12-18(2,3)23-17(22)16(20)11-14(21)10-9-13-7-5-6-8-15(13)19/h5-8,16H,4,9-12H2,1-3H3. The minimum Gasteiger partial charge on any atom is -0.457 e. The first kappa shape index (κ1) is 18.0. The molecule has 1 saturated heterocycles. The molecule has 1 aromatic carbocycles. The van der Waals surface area contributed by atoms with Gasteiger partial charge in [0, 0.05) is 24.4 Å². The second-order valence-corrected chi connectivity index (χ2v) is 7.00. The van der Waals surface area contributed by atoms with Gasteiger partial charge in [-0.15, -0.1) is 0 Å². The van der Waals surface area contributed by atoms with Crippen LogP contribution in [0.4, 0.5) is 0 Å². The van der Waals surface area contributed by atoms with Crippen molar-refractivity contribution in [3.8, 4) is 0 Å². The quantitative estimate of drug-likeness (QED) is 0.747. The summed E-state index contributed by atoms with van der Waals surface area (Å²) in [7, 11) is 0. The smallest absolute Gasteiger partial charge is 0.324 e. The van der Waals surface area contributed by atoms with E-state index < -0.39 is 11.6 Å². The maximum Gasteiger partial charge on any atom is 0.324 e. The van der Waals surface area contributed by atoms with Crippen molar-refractivity contribution in [2.24, 2.45) is 0 Å². The molecule has 1 heterocycles. The van der Waals surface area contributed by atoms with Crippen LogP contribution in [0.3, 0.4) is 0 Å². The number of Topliss-reactive ketones (excluding diaryl/α,β-unsaturated/α-hetero) is 1. The Labute approximate surface area is 142 Å². The number of nitrogens with zero attached hydrogens (tertiary/aromatic N) is 1. The predicted molar refractivity (Wildman–Crippen MR) is 90.6 cm³/mol. The number of benzene rings is 1. The molecule has 5 heteroatoms. The van der Waals surface area contributed by atoms with Crippen LogP contribution in [0.5, 0.6) is 0 Å². The van der Waals surface area contributed by atoms with E-state index in [2.05, 4.69) is 0 Å². The molecule has 0 bridgehead atoms. The van der Waals surface area contributed by atoms with Gasteiger partial charge in [-0.25, -0.2) is 0 Å². The van der Waals surface area contributed by atoms with E-state index in [-0.39, 0.29) is 18.2 Å². The first-order valence-corrected chi connectivity index (χ1v) is 8.42. The third-order valence-corrected chi connectivity index (χ3v) is 4.50. The molecule has 4 nitrogen and oxygen atoms in total. The molecule has 0 N–H and O–H groups in total. The van der Waals surface area contributed by atoms with Crippen molar-refractivity contribution in [1.29, 1.82) is 0 Å². The zero-order chi connectivity index (χ0) is 17.0. The van der Waals surface area contributed by atoms with E-state index in [0.29, 0.717) is 24.4 Å². The highest BCUT2D eigenvalue weighted by molar-refractivity contribution is 6.31. The molecule has 0 saturated carbocycles. The van der Waals surface area contributed by atoms with E-state index in [1.54, 1.807) is 0 Å². The molecular weight excluding hydrogens is 314 g/mol. The molecule has 126 valence electrons. The Morgan fingerprint density at radius 1 is 1.39 bits per heavy atom. The lowest BCUT2D eigenvalue weighted by Gasteiger charge is -2.41. The SMILES string of the molecule is CCN1CC(C)(C)OC(=O)C1CC(=O)CCc1ccccc1Cl. The number of ether oxygens (including phenoxy) is 1. The van der Waals surface area contributed by atoms with Gasteiger partial charge in [-0.2, -0.15) is 0 Å². The number of esters is 1. The number of aryl methyl sites for hydroxylation is 1. The first-order valence-electron chi connectivity index (χ1n) is 8.04. The van der Waals surface area contributed by atoms with E-state index in [1.165, 1.54) is 0 Å². The lowest BCUT2D eigenvalue weighted by atomic mass is 9.98. The average molecular weight is 338 g/mol. The van der Waals surface area contributed by atoms with Crippen molar-refractivity contribution in [2.45, 2.75) is 51.7 Å². The molecular formula is C18H24ClNO3. The summed E-state index contributed by atoms with van der Waals surface area (Å²) in [6, 6.07) is 7.05. The van der Waals surface area contributed by atoms with Gasteiger partial charge in [0.05, 0.1) is 0 Å². The minimum absolute atomic E-state index is 0.0602. The maximum absolute atomic E-state index is 12.3. The number of ketones is 1. The summed E-state index contributed by atoms with van der Waals surface area (Å²) < 4.78 is 5.45. The normalized spacial score (nSPS) is 21.0. The van der Waals surface area contributed by atoms with Gasteiger partial charge in [-0.05, 0) is 38.4 Å². The van der Waals surface area contributed by atoms with Crippen LogP contribution in [0.25, 0.3) is 0 Å². The first-order chi connectivity index (χ1) is 10.8. The number of likely N-dealkylation sites (N-methyl/N-ethyl adjacent to an activating group) is 1. The van der Waals surface area contributed by atoms with Crippen LogP contribution < -0.4 is 0 Å². The lowest BCUT2D eigenvalue weighted by Crippen LogP contribution is -2.57. The Bertz CT molecular complexity index is 585. The molecule has 1 aromatic rings. The fourth-order valence-corrected chi connectivity index (χ4v) is 3.19. The Morgan fingerprint density at radius 3 is 2.74 bits per heavy atom. The monoisotopic (exact) mass is 337 g/mol. The van der Waals surface area contributed by atoms with E-state index >= 15 is 0 Å². The third-order valence-electron chi connectivity index (χ3n) is 4.13. The van der Waals surface area contributed by atoms with Crippen molar-refractivity contribution >= 4 is 23.4 Å². The predicted octanol–water partition coefficient (Wildman–Crippen LogP) is 3.26. The zero-order valence-corrected chi connectivity index (χ0v) is 14.7. The second kappa shape index (κ2) is 7.45. The van der Waals surface area contributed by atoms with Gasteiger partial charge in [-0.3, -0.25) is 14.5 Å². The molecule has 0 spiro atoms. The van der Waals surface area contributed by atoms with Crippen LogP contribution >= 0.6 is 11.6 Å². The summed E-state index contributed by atoms with van der Waals surface area (Å²) in [5, 5.41) is 0.675. The Morgan fingerprint density at radius 2 is 2.09 bits per heavy atom. The number of morpholine rings is 1. The highest BCUT2D eigenvalue weighted by atomic mass is 35.5. The lowest BCUT2D eigenvalue weighted by molar-refractivity contribution is -0.178. The summed E-state index contributed by atoms with van der Waals surface area (Å²) in [5.41, 5.74) is 0.465. The fraction of sp³-hybridized carbons (Fsp3) is 0.556. The maximum atomic E-state index is 12.3. The number of carbonyl (C=O) groups is 2. The molecule has 23 heavy (non-hydrogen) atoms. The van der Waals surface area contributed by atoms with Crippen LogP contribution in [0.2, 0.25) is 5.02 Å². The molecule has 2 rings (SSSR count). The topological polar surface area (TPSA) is 46.6 Å². The van der Waals surface area contributed by atoms with Crippen LogP contribution in [0.15, 0.2) is 24.3 Å². The van der Waals surface area contributed by atoms with E-state index in [9.17, 15) is 9.59 Å². The average Bonchev–Trinajstić information content (AvgIpc) is 2.48. The Balaban J connectivity index is 1.94. The molecule has 0 radical (unpaired) electrons. The Hall–Kier alpha value is -1.39. The molecule has 1 aliphatic rings. The number of hydrogen-bond acceptors (Lipinski definition) is 4. The summed E-state index contributed by atoms with van der Waals surface area (Å²) in [4.78, 5) is 26.5. The van der Waals surface area contributed by atoms with Crippen molar-refractivity contribution < 1.29 is 14.3 Å². The van der Waals surface area contributed by atoms with E-state index in [1.807, 2.05) is 49.9 Å². The number of cyclic esters (lactones) is 1. The van der Waals surface area contributed by atoms with Crippen molar-refractivity contribution in [2.75, 3.05) is 13.1 Å². The third kappa shape index (κ3) is 4.79. The van der Waals surface area contributed by atoms with Gasteiger partial charge in [0.15, 0.2) is 0 Å². The van der Waals surface area contributed by atoms with Crippen LogP contribution in [-0.2, 0) is 20.7 Å². The summed E-state index contributed by atoms with van der Waals surface area (Å²) in [5.74, 6) is -0.237. The van der Waals surface area contributed by atoms with Crippen LogP contribution in [-0.4, -0.2) is 41.4 Å². The summed E-state index contributed by atoms with van der Waals surface area (Å²) >= 11 is 6.11. The second-order valence-electron chi connectivity index (χ2n) is 6.59. The number of hydrogen-bond donors (Lipinski definition) is 0. The highest BCUT2D eigenvalue weighted by Crippen LogP contribution is 2.24. The molecule has 1 atom stereocenters. The molecule has 1 fully saturated rings. The van der Waals surface area contributed by atoms with Gasteiger partial charge < -0.3 is 4.74 Å². The number of halogens is 1. The minimum atomic E-state index is -0.496. The largest absolute Gasteiger partial charge is 0.457 e. The zero-order valence-electron chi connectivity index (χ0n) is 14.0. The van der Waals surface area contributed by atoms with Gasteiger partial charge >= 0.3 is 5.97 Å². The van der Waals surface area contributed by atoms with Gasteiger partial charge in [0.2, 0.25) is 0 Å². The van der Waals surface area contributed by atoms with Crippen LogP contribution in [0.1, 0.15) is 39.2 Å². The van der Waals surface area contributed by atoms with Crippen molar-refractivity contribution in [3.63, 3.8) is 0 Å². The van der Waals surface area contributed by atoms with Gasteiger partial charge in [0.25, 0.3) is 0 Å². The highest BCUT2D eigenvalue weighted by Gasteiger charge is 2.40. The summed E-state index contributed by atoms with van der Waals surface area (Å²) in [6.07, 6.45) is 1.18. The van der Waals surface area contributed by atoms with Crippen molar-refractivity contribution in [1.82, 2.24) is 4.90 Å². The molecule has 1 unspecified atom stereocenters. The molecule has 1 aliphatic heterocycles. The Kier molecular flexibility index (Phi) is 5.82. The molecule has 0 aromatic heterocycles. The van der Waals surface area contributed by atoms with E-state index in [0.717, 1.165) is 12.1 Å².